The zero-order valence-electron chi connectivity index (χ0n) is 35.3. The molecular formula is C44H74N4O8. The van der Waals surface area contributed by atoms with E-state index in [-0.39, 0.29) is 73.5 Å². The Morgan fingerprint density at radius 3 is 2.45 bits per heavy atom. The number of nitrogens with one attached hydrogen (secondary N) is 1. The highest BCUT2D eigenvalue weighted by Crippen LogP contribution is 2.43. The predicted molar refractivity (Wildman–Crippen MR) is 219 cm³/mol. The van der Waals surface area contributed by atoms with E-state index >= 15 is 0 Å². The minimum Gasteiger partial charge on any atom is -0.392 e. The topological polar surface area (TPSA) is 180 Å². The van der Waals surface area contributed by atoms with Gasteiger partial charge in [-0.2, -0.15) is 0 Å². The largest absolute Gasteiger partial charge is 0.392 e. The monoisotopic (exact) mass is 787 g/mol. The third kappa shape index (κ3) is 17.1. The van der Waals surface area contributed by atoms with Crippen molar-refractivity contribution in [2.45, 2.75) is 200 Å². The van der Waals surface area contributed by atoms with Crippen molar-refractivity contribution in [3.8, 4) is 0 Å². The molecule has 0 bridgehead atoms. The minimum atomic E-state index is -0.931. The normalized spacial score (nSPS) is 29.3. The van der Waals surface area contributed by atoms with E-state index in [1.165, 1.54) is 0 Å². The van der Waals surface area contributed by atoms with Gasteiger partial charge in [0.05, 0.1) is 42.5 Å². The molecule has 0 aromatic rings. The van der Waals surface area contributed by atoms with Crippen molar-refractivity contribution >= 4 is 17.5 Å². The first-order valence-electron chi connectivity index (χ1n) is 21.8. The summed E-state index contributed by atoms with van der Waals surface area (Å²) in [5.41, 5.74) is 9.34. The van der Waals surface area contributed by atoms with Gasteiger partial charge < -0.3 is 29.7 Å². The molecule has 3 N–H and O–H groups in total. The molecule has 3 unspecified atom stereocenters. The van der Waals surface area contributed by atoms with Crippen LogP contribution in [0.5, 0.6) is 0 Å². The van der Waals surface area contributed by atoms with Gasteiger partial charge in [-0.3, -0.25) is 14.4 Å². The number of ether oxygens (including phenoxy) is 3. The summed E-state index contributed by atoms with van der Waals surface area (Å²) in [5, 5.41) is 27.1. The van der Waals surface area contributed by atoms with Crippen LogP contribution in [-0.2, 0) is 28.6 Å². The van der Waals surface area contributed by atoms with Crippen molar-refractivity contribution in [3.63, 3.8) is 0 Å². The van der Waals surface area contributed by atoms with Gasteiger partial charge in [0.25, 0.3) is 0 Å². The Kier molecular flexibility index (Phi) is 21.3. The smallest absolute Gasteiger partial charge is 0.225 e. The van der Waals surface area contributed by atoms with E-state index < -0.39 is 23.9 Å². The molecule has 3 rings (SSSR count). The number of hydrogen-bond donors (Lipinski definition) is 3. The van der Waals surface area contributed by atoms with Gasteiger partial charge in [0.15, 0.2) is 11.6 Å². The number of amides is 1. The summed E-state index contributed by atoms with van der Waals surface area (Å²) in [4.78, 5) is 41.1. The van der Waals surface area contributed by atoms with Gasteiger partial charge in [0.1, 0.15) is 5.78 Å². The molecule has 12 nitrogen and oxygen atoms in total. The lowest BCUT2D eigenvalue weighted by Gasteiger charge is -2.48. The summed E-state index contributed by atoms with van der Waals surface area (Å²) < 4.78 is 19.6. The Bertz CT molecular complexity index is 1330. The summed E-state index contributed by atoms with van der Waals surface area (Å²) in [7, 11) is 0. The molecule has 3 aliphatic heterocycles. The molecule has 3 heterocycles. The summed E-state index contributed by atoms with van der Waals surface area (Å²) in [6.07, 6.45) is 17.5. The average Bonchev–Trinajstić information content (AvgIpc) is 3.16. The fourth-order valence-electron chi connectivity index (χ4n) is 8.26. The quantitative estimate of drug-likeness (QED) is 0.0217. The van der Waals surface area contributed by atoms with Crippen LogP contribution in [0.3, 0.4) is 0 Å². The number of Topliss-reactive ketones (excluding diaryl/α,β-unsaturated/α-hetero) is 1. The summed E-state index contributed by atoms with van der Waals surface area (Å²) in [5.74, 6) is -0.410. The Morgan fingerprint density at radius 2 is 1.70 bits per heavy atom. The Labute approximate surface area is 336 Å². The van der Waals surface area contributed by atoms with E-state index in [1.807, 2.05) is 13.0 Å². The van der Waals surface area contributed by atoms with Crippen molar-refractivity contribution in [1.82, 2.24) is 5.32 Å². The van der Waals surface area contributed by atoms with E-state index in [4.69, 9.17) is 19.7 Å². The molecule has 3 saturated heterocycles. The number of unbranched alkanes of at least 4 members (excludes halogenated alkanes) is 2. The first-order valence-corrected chi connectivity index (χ1v) is 21.8. The zero-order valence-corrected chi connectivity index (χ0v) is 35.3. The number of allylic oxidation sites excluding steroid dienone is 3. The SMILES string of the molecule is C/C(=C\[C@@H](C)CC[C@@H]1CCC[C@]2(CCC(C)[C@@H](CCCNC(=O)[C@@H](C)[C@@H](O)CCC(=O)CC3O[C@H](CC(=O)/C=C/CCCCN=[N+]=[N-])CCC3C)O2)O1)[C@H](C)O. The number of azide groups is 1. The van der Waals surface area contributed by atoms with Gasteiger partial charge in [-0.15, -0.1) is 0 Å². The molecule has 318 valence electrons. The Morgan fingerprint density at radius 1 is 0.929 bits per heavy atom. The number of carbonyl (C=O) groups is 3. The maximum Gasteiger partial charge on any atom is 0.225 e. The molecule has 12 heteroatoms. The van der Waals surface area contributed by atoms with Crippen molar-refractivity contribution < 1.29 is 38.8 Å². The van der Waals surface area contributed by atoms with E-state index in [9.17, 15) is 24.6 Å². The molecule has 0 aromatic carbocycles. The molecule has 11 atom stereocenters. The number of rotatable bonds is 24. The van der Waals surface area contributed by atoms with Gasteiger partial charge in [-0.1, -0.05) is 45.0 Å². The molecule has 0 radical (unpaired) electrons. The summed E-state index contributed by atoms with van der Waals surface area (Å²) >= 11 is 0. The average molecular weight is 787 g/mol. The number of nitrogens with zero attached hydrogens (tertiary/aromatic N) is 3. The minimum absolute atomic E-state index is 0.00328. The number of aliphatic hydroxyl groups excluding tert-OH is 2. The summed E-state index contributed by atoms with van der Waals surface area (Å²) in [6.45, 7) is 12.9. The molecule has 3 fully saturated rings. The fourth-order valence-corrected chi connectivity index (χ4v) is 8.26. The van der Waals surface area contributed by atoms with Gasteiger partial charge in [0, 0.05) is 50.1 Å². The second-order valence-corrected chi connectivity index (χ2v) is 17.3. The Balaban J connectivity index is 1.33. The highest BCUT2D eigenvalue weighted by Gasteiger charge is 2.44. The lowest BCUT2D eigenvalue weighted by Crippen LogP contribution is -2.50. The van der Waals surface area contributed by atoms with Crippen LogP contribution < -0.4 is 5.32 Å². The van der Waals surface area contributed by atoms with Crippen LogP contribution in [0.2, 0.25) is 0 Å². The fraction of sp³-hybridized carbons (Fsp3) is 0.841. The molecule has 1 spiro atoms. The highest BCUT2D eigenvalue weighted by atomic mass is 16.7. The van der Waals surface area contributed by atoms with E-state index in [2.05, 4.69) is 42.2 Å². The molecule has 3 aliphatic rings. The van der Waals surface area contributed by atoms with E-state index in [0.29, 0.717) is 24.9 Å². The summed E-state index contributed by atoms with van der Waals surface area (Å²) in [6, 6.07) is 0. The molecule has 0 saturated carbocycles. The van der Waals surface area contributed by atoms with Crippen LogP contribution in [0, 0.1) is 23.7 Å². The van der Waals surface area contributed by atoms with Crippen LogP contribution in [0.15, 0.2) is 28.9 Å². The molecule has 0 aromatic heterocycles. The second-order valence-electron chi connectivity index (χ2n) is 17.3. The first kappa shape index (κ1) is 47.8. The van der Waals surface area contributed by atoms with Crippen LogP contribution >= 0.6 is 0 Å². The first-order chi connectivity index (χ1) is 26.7. The number of hydrogen-bond acceptors (Lipinski definition) is 9. The molecule has 56 heavy (non-hydrogen) atoms. The van der Waals surface area contributed by atoms with Gasteiger partial charge in [-0.05, 0) is 132 Å². The van der Waals surface area contributed by atoms with Gasteiger partial charge in [0.2, 0.25) is 5.91 Å². The van der Waals surface area contributed by atoms with E-state index in [1.54, 1.807) is 19.9 Å². The molecule has 1 amide bonds. The van der Waals surface area contributed by atoms with Crippen LogP contribution in [0.1, 0.15) is 157 Å². The number of carbonyl (C=O) groups excluding carboxylic acids is 3. The van der Waals surface area contributed by atoms with Crippen LogP contribution in [-0.4, -0.2) is 83.2 Å². The zero-order chi connectivity index (χ0) is 41.1. The lowest BCUT2D eigenvalue weighted by atomic mass is 9.85. The highest BCUT2D eigenvalue weighted by molar-refractivity contribution is 5.90. The maximum absolute atomic E-state index is 13.0. The Hall–Kier alpha value is -2.60. The maximum atomic E-state index is 13.0. The number of aliphatic hydroxyl groups is 2. The lowest BCUT2D eigenvalue weighted by molar-refractivity contribution is -0.324. The van der Waals surface area contributed by atoms with Crippen molar-refractivity contribution in [2.75, 3.05) is 13.1 Å². The van der Waals surface area contributed by atoms with Crippen LogP contribution in [0.25, 0.3) is 10.4 Å². The third-order valence-corrected chi connectivity index (χ3v) is 12.3. The van der Waals surface area contributed by atoms with Gasteiger partial charge >= 0.3 is 0 Å². The standard InChI is InChI=1S/C44H74N4O8/c1-30(27-33(4)35(6)49)16-19-38-14-11-23-44(55-38)24-22-32(3)41(56-44)15-12-25-46-43(53)34(5)40(52)21-18-37(51)29-42-31(2)17-20-39(54-42)28-36(50)13-9-7-8-10-26-47-48-45/h9,13,27,30-32,34-35,38-42,49,52H,7-8,10-12,14-26,28-29H2,1-6H3,(H,46,53)/b13-9+,33-27+/t30-,31?,32?,34-,35-,38-,39-,40-,41+,42?,44-/m0/s1. The number of ketones is 2. The second kappa shape index (κ2) is 25.0. The van der Waals surface area contributed by atoms with Crippen LogP contribution in [0.4, 0.5) is 0 Å². The molecular weight excluding hydrogens is 713 g/mol. The van der Waals surface area contributed by atoms with E-state index in [0.717, 1.165) is 95.5 Å². The van der Waals surface area contributed by atoms with Gasteiger partial charge in [-0.25, -0.2) is 0 Å². The van der Waals surface area contributed by atoms with Crippen molar-refractivity contribution in [1.29, 1.82) is 0 Å². The molecule has 0 aliphatic carbocycles. The van der Waals surface area contributed by atoms with Crippen molar-refractivity contribution in [2.24, 2.45) is 28.8 Å². The predicted octanol–water partition coefficient (Wildman–Crippen LogP) is 8.62. The third-order valence-electron chi connectivity index (χ3n) is 12.3. The van der Waals surface area contributed by atoms with Crippen molar-refractivity contribution in [3.05, 3.63) is 34.2 Å².